The predicted octanol–water partition coefficient (Wildman–Crippen LogP) is 5.24. The van der Waals surface area contributed by atoms with Crippen LogP contribution in [0.5, 0.6) is 0 Å². The Morgan fingerprint density at radius 3 is 2.27 bits per heavy atom. The van der Waals surface area contributed by atoms with E-state index >= 15 is 0 Å². The van der Waals surface area contributed by atoms with E-state index in [4.69, 9.17) is 9.97 Å². The Kier molecular flexibility index (Phi) is 5.47. The van der Waals surface area contributed by atoms with E-state index < -0.39 is 0 Å². The third-order valence-corrected chi connectivity index (χ3v) is 6.90. The summed E-state index contributed by atoms with van der Waals surface area (Å²) in [6.45, 7) is 7.30. The van der Waals surface area contributed by atoms with Crippen LogP contribution in [-0.4, -0.2) is 41.0 Å². The van der Waals surface area contributed by atoms with Crippen LogP contribution in [0, 0.1) is 0 Å². The number of benzene rings is 2. The van der Waals surface area contributed by atoms with Gasteiger partial charge in [0.05, 0.1) is 5.39 Å². The predicted molar refractivity (Wildman–Crippen MR) is 126 cm³/mol. The molecule has 2 aromatic carbocycles. The average molecular weight is 415 g/mol. The summed E-state index contributed by atoms with van der Waals surface area (Å²) in [6.07, 6.45) is 1.03. The van der Waals surface area contributed by atoms with Crippen LogP contribution >= 0.6 is 11.3 Å². The van der Waals surface area contributed by atoms with Crippen LogP contribution in [0.15, 0.2) is 66.7 Å². The van der Waals surface area contributed by atoms with E-state index in [9.17, 15) is 0 Å². The molecule has 0 N–H and O–H groups in total. The van der Waals surface area contributed by atoms with Crippen molar-refractivity contribution in [2.75, 3.05) is 31.1 Å². The van der Waals surface area contributed by atoms with E-state index in [2.05, 4.69) is 77.4 Å². The lowest BCUT2D eigenvalue weighted by atomic mass is 10.2. The highest BCUT2D eigenvalue weighted by Gasteiger charge is 2.22. The first-order chi connectivity index (χ1) is 14.8. The molecular weight excluding hydrogens is 388 g/mol. The van der Waals surface area contributed by atoms with E-state index in [1.165, 1.54) is 15.8 Å². The fraction of sp³-hybridized carbons (Fsp3) is 0.280. The minimum Gasteiger partial charge on any atom is -0.353 e. The van der Waals surface area contributed by atoms with E-state index in [1.807, 2.05) is 6.07 Å². The molecule has 1 aliphatic rings. The summed E-state index contributed by atoms with van der Waals surface area (Å²) in [4.78, 5) is 17.4. The lowest BCUT2D eigenvalue weighted by Crippen LogP contribution is -2.46. The van der Waals surface area contributed by atoms with Gasteiger partial charge in [0.1, 0.15) is 10.6 Å². The Bertz CT molecular complexity index is 1120. The molecule has 2 aromatic heterocycles. The number of anilines is 1. The maximum Gasteiger partial charge on any atom is 0.163 e. The monoisotopic (exact) mass is 414 g/mol. The molecule has 0 aliphatic carbocycles. The molecule has 5 heteroatoms. The van der Waals surface area contributed by atoms with Crippen LogP contribution in [0.3, 0.4) is 0 Å². The SMILES string of the molecule is CCc1cc2c(N3CCN(Cc4ccccc4)CC3)nc(-c3ccccc3)nc2s1. The van der Waals surface area contributed by atoms with E-state index in [-0.39, 0.29) is 0 Å². The second-order valence-corrected chi connectivity index (χ2v) is 8.89. The first-order valence-corrected chi connectivity index (χ1v) is 11.5. The summed E-state index contributed by atoms with van der Waals surface area (Å²) < 4.78 is 0. The number of hydrogen-bond acceptors (Lipinski definition) is 5. The van der Waals surface area contributed by atoms with Gasteiger partial charge in [-0.1, -0.05) is 67.6 Å². The third-order valence-electron chi connectivity index (χ3n) is 5.72. The van der Waals surface area contributed by atoms with Crippen LogP contribution in [0.25, 0.3) is 21.6 Å². The van der Waals surface area contributed by atoms with Gasteiger partial charge < -0.3 is 4.90 Å². The molecule has 3 heterocycles. The van der Waals surface area contributed by atoms with Crippen molar-refractivity contribution in [3.63, 3.8) is 0 Å². The van der Waals surface area contributed by atoms with Crippen molar-refractivity contribution in [2.45, 2.75) is 19.9 Å². The number of rotatable bonds is 5. The summed E-state index contributed by atoms with van der Waals surface area (Å²) >= 11 is 1.80. The highest BCUT2D eigenvalue weighted by molar-refractivity contribution is 7.18. The minimum atomic E-state index is 0.828. The van der Waals surface area contributed by atoms with Gasteiger partial charge in [0, 0.05) is 43.2 Å². The van der Waals surface area contributed by atoms with Crippen molar-refractivity contribution in [1.29, 1.82) is 0 Å². The van der Waals surface area contributed by atoms with Crippen LogP contribution in [-0.2, 0) is 13.0 Å². The molecule has 4 nitrogen and oxygen atoms in total. The molecule has 0 unspecified atom stereocenters. The van der Waals surface area contributed by atoms with Gasteiger partial charge in [0.15, 0.2) is 5.82 Å². The summed E-state index contributed by atoms with van der Waals surface area (Å²) in [5.41, 5.74) is 2.46. The van der Waals surface area contributed by atoms with Crippen LogP contribution < -0.4 is 4.90 Å². The van der Waals surface area contributed by atoms with E-state index in [1.54, 1.807) is 11.3 Å². The number of piperazine rings is 1. The Morgan fingerprint density at radius 2 is 1.57 bits per heavy atom. The van der Waals surface area contributed by atoms with Gasteiger partial charge in [-0.25, -0.2) is 9.97 Å². The molecule has 5 rings (SSSR count). The third kappa shape index (κ3) is 3.95. The van der Waals surface area contributed by atoms with Crippen molar-refractivity contribution >= 4 is 27.4 Å². The van der Waals surface area contributed by atoms with Crippen molar-refractivity contribution in [3.05, 3.63) is 77.2 Å². The number of fused-ring (bicyclic) bond motifs is 1. The number of hydrogen-bond donors (Lipinski definition) is 0. The fourth-order valence-electron chi connectivity index (χ4n) is 4.05. The quantitative estimate of drug-likeness (QED) is 0.447. The smallest absolute Gasteiger partial charge is 0.163 e. The minimum absolute atomic E-state index is 0.828. The molecule has 0 spiro atoms. The maximum absolute atomic E-state index is 5.05. The standard InChI is InChI=1S/C25H26N4S/c1-2-21-17-22-24(26-23(27-25(22)30-21)20-11-7-4-8-12-20)29-15-13-28(14-16-29)18-19-9-5-3-6-10-19/h3-12,17H,2,13-16,18H2,1H3. The van der Waals surface area contributed by atoms with Crippen LogP contribution in [0.2, 0.25) is 0 Å². The summed E-state index contributed by atoms with van der Waals surface area (Å²) in [6, 6.07) is 23.4. The first kappa shape index (κ1) is 19.2. The number of aromatic nitrogens is 2. The van der Waals surface area contributed by atoms with Gasteiger partial charge >= 0.3 is 0 Å². The molecule has 0 atom stereocenters. The van der Waals surface area contributed by atoms with Gasteiger partial charge in [0.2, 0.25) is 0 Å². The molecular formula is C25H26N4S. The second-order valence-electron chi connectivity index (χ2n) is 7.77. The first-order valence-electron chi connectivity index (χ1n) is 10.7. The maximum atomic E-state index is 5.05. The number of aryl methyl sites for hydroxylation is 1. The number of thiophene rings is 1. The lowest BCUT2D eigenvalue weighted by molar-refractivity contribution is 0.249. The molecule has 0 bridgehead atoms. The summed E-state index contributed by atoms with van der Waals surface area (Å²) in [5.74, 6) is 1.92. The zero-order valence-corrected chi connectivity index (χ0v) is 18.1. The molecule has 1 aliphatic heterocycles. The second kappa shape index (κ2) is 8.54. The van der Waals surface area contributed by atoms with Crippen LogP contribution in [0.1, 0.15) is 17.4 Å². The van der Waals surface area contributed by atoms with Crippen molar-refractivity contribution < 1.29 is 0 Å². The number of nitrogens with zero attached hydrogens (tertiary/aromatic N) is 4. The van der Waals surface area contributed by atoms with E-state index in [0.29, 0.717) is 0 Å². The van der Waals surface area contributed by atoms with Gasteiger partial charge in [0.25, 0.3) is 0 Å². The van der Waals surface area contributed by atoms with Gasteiger partial charge in [-0.15, -0.1) is 11.3 Å². The highest BCUT2D eigenvalue weighted by Crippen LogP contribution is 2.34. The molecule has 0 radical (unpaired) electrons. The van der Waals surface area contributed by atoms with Gasteiger partial charge in [-0.2, -0.15) is 0 Å². The molecule has 0 amide bonds. The topological polar surface area (TPSA) is 32.3 Å². The highest BCUT2D eigenvalue weighted by atomic mass is 32.1. The molecule has 0 saturated carbocycles. The molecule has 1 fully saturated rings. The van der Waals surface area contributed by atoms with Gasteiger partial charge in [-0.3, -0.25) is 4.90 Å². The molecule has 152 valence electrons. The van der Waals surface area contributed by atoms with E-state index in [0.717, 1.165) is 61.2 Å². The van der Waals surface area contributed by atoms with Crippen LogP contribution in [0.4, 0.5) is 5.82 Å². The fourth-order valence-corrected chi connectivity index (χ4v) is 5.01. The Morgan fingerprint density at radius 1 is 0.867 bits per heavy atom. The lowest BCUT2D eigenvalue weighted by Gasteiger charge is -2.35. The average Bonchev–Trinajstić information content (AvgIpc) is 3.24. The van der Waals surface area contributed by atoms with Gasteiger partial charge in [-0.05, 0) is 18.1 Å². The molecule has 30 heavy (non-hydrogen) atoms. The van der Waals surface area contributed by atoms with Crippen molar-refractivity contribution in [3.8, 4) is 11.4 Å². The Hall–Kier alpha value is -2.76. The summed E-state index contributed by atoms with van der Waals surface area (Å²) in [7, 11) is 0. The van der Waals surface area contributed by atoms with Crippen molar-refractivity contribution in [2.24, 2.45) is 0 Å². The van der Waals surface area contributed by atoms with Crippen molar-refractivity contribution in [1.82, 2.24) is 14.9 Å². The Balaban J connectivity index is 1.42. The summed E-state index contributed by atoms with van der Waals surface area (Å²) in [5, 5.41) is 1.20. The zero-order valence-electron chi connectivity index (χ0n) is 17.3. The zero-order chi connectivity index (χ0) is 20.3. The normalized spacial score (nSPS) is 15.0. The molecule has 1 saturated heterocycles. The largest absolute Gasteiger partial charge is 0.353 e. The molecule has 4 aromatic rings. The Labute approximate surface area is 181 Å².